The second-order valence-electron chi connectivity index (χ2n) is 6.06. The van der Waals surface area contributed by atoms with E-state index in [0.29, 0.717) is 18.3 Å². The number of phenolic OH excluding ortho intramolecular Hbond substituents is 1. The number of benzene rings is 1. The van der Waals surface area contributed by atoms with Gasteiger partial charge < -0.3 is 20.5 Å². The summed E-state index contributed by atoms with van der Waals surface area (Å²) in [5.74, 6) is 3.47. The number of aryl methyl sites for hydroxylation is 2. The third-order valence-corrected chi connectivity index (χ3v) is 4.26. The Kier molecular flexibility index (Phi) is 5.06. The third kappa shape index (κ3) is 4.01. The zero-order chi connectivity index (χ0) is 17.8. The summed E-state index contributed by atoms with van der Waals surface area (Å²) in [4.78, 5) is 8.69. The van der Waals surface area contributed by atoms with Gasteiger partial charge in [-0.2, -0.15) is 5.10 Å². The van der Waals surface area contributed by atoms with E-state index in [0.717, 1.165) is 36.6 Å². The minimum absolute atomic E-state index is 0.226. The molecule has 0 saturated carbocycles. The van der Waals surface area contributed by atoms with Gasteiger partial charge in [0.25, 0.3) is 0 Å². The largest absolute Gasteiger partial charge is 0.508 e. The number of aromatic nitrogens is 3. The molecule has 0 bridgehead atoms. The van der Waals surface area contributed by atoms with Crippen molar-refractivity contribution in [3.63, 3.8) is 0 Å². The van der Waals surface area contributed by atoms with Gasteiger partial charge in [-0.3, -0.25) is 4.99 Å². The lowest BCUT2D eigenvalue weighted by Gasteiger charge is -2.25. The Labute approximate surface area is 146 Å². The Balaban J connectivity index is 1.59. The van der Waals surface area contributed by atoms with Crippen LogP contribution in [0, 0.1) is 6.92 Å². The van der Waals surface area contributed by atoms with Gasteiger partial charge in [-0.1, -0.05) is 0 Å². The predicted octanol–water partition coefficient (Wildman–Crippen LogP) is 0.981. The van der Waals surface area contributed by atoms with Crippen molar-refractivity contribution in [2.24, 2.45) is 4.99 Å². The molecule has 1 unspecified atom stereocenters. The number of ether oxygens (including phenoxy) is 1. The first-order valence-corrected chi connectivity index (χ1v) is 8.32. The minimum atomic E-state index is 0.226. The van der Waals surface area contributed by atoms with Crippen LogP contribution >= 0.6 is 0 Å². The number of aromatic hydroxyl groups is 1. The lowest BCUT2D eigenvalue weighted by Crippen LogP contribution is -2.46. The highest BCUT2D eigenvalue weighted by atomic mass is 16.5. The summed E-state index contributed by atoms with van der Waals surface area (Å²) < 4.78 is 7.16. The number of nitrogens with zero attached hydrogens (tertiary/aromatic N) is 4. The normalized spacial score (nSPS) is 17.1. The van der Waals surface area contributed by atoms with Crippen LogP contribution in [0.15, 0.2) is 23.2 Å². The molecular formula is C17H24N6O2. The number of fused-ring (bicyclic) bond motifs is 1. The maximum atomic E-state index is 9.97. The van der Waals surface area contributed by atoms with E-state index in [1.165, 1.54) is 0 Å². The number of rotatable bonds is 4. The molecule has 8 nitrogen and oxygen atoms in total. The van der Waals surface area contributed by atoms with Crippen LogP contribution in [-0.2, 0) is 19.5 Å². The molecule has 1 aromatic heterocycles. The third-order valence-electron chi connectivity index (χ3n) is 4.26. The molecular weight excluding hydrogens is 320 g/mol. The summed E-state index contributed by atoms with van der Waals surface area (Å²) >= 11 is 0. The van der Waals surface area contributed by atoms with Gasteiger partial charge in [0.1, 0.15) is 23.1 Å². The fourth-order valence-corrected chi connectivity index (χ4v) is 2.95. The predicted molar refractivity (Wildman–Crippen MR) is 94.9 cm³/mol. The van der Waals surface area contributed by atoms with Crippen LogP contribution in [0.3, 0.4) is 0 Å². The number of guanidine groups is 1. The van der Waals surface area contributed by atoms with Crippen molar-refractivity contribution in [2.45, 2.75) is 38.9 Å². The molecule has 2 aromatic rings. The first-order chi connectivity index (χ1) is 12.1. The summed E-state index contributed by atoms with van der Waals surface area (Å²) in [6.45, 7) is 3.12. The van der Waals surface area contributed by atoms with Gasteiger partial charge in [0.05, 0.1) is 13.7 Å². The van der Waals surface area contributed by atoms with Crippen LogP contribution < -0.4 is 15.4 Å². The summed E-state index contributed by atoms with van der Waals surface area (Å²) in [5, 5.41) is 21.0. The van der Waals surface area contributed by atoms with E-state index in [1.54, 1.807) is 32.4 Å². The van der Waals surface area contributed by atoms with E-state index < -0.39 is 0 Å². The fourth-order valence-electron chi connectivity index (χ4n) is 2.95. The standard InChI is InChI=1S/C17H24N6O2/c1-11-20-16-7-4-13(10-23(16)22-11)21-17(18-2)19-9-12-8-14(25-3)5-6-15(12)24/h5-6,8,13,24H,4,7,9-10H2,1-3H3,(H2,18,19,21). The monoisotopic (exact) mass is 344 g/mol. The first kappa shape index (κ1) is 17.1. The van der Waals surface area contributed by atoms with E-state index in [9.17, 15) is 5.11 Å². The molecule has 1 aliphatic rings. The number of phenols is 1. The van der Waals surface area contributed by atoms with Crippen LogP contribution in [-0.4, -0.2) is 46.0 Å². The maximum absolute atomic E-state index is 9.97. The van der Waals surface area contributed by atoms with E-state index >= 15 is 0 Å². The van der Waals surface area contributed by atoms with Gasteiger partial charge in [-0.15, -0.1) is 0 Å². The minimum Gasteiger partial charge on any atom is -0.508 e. The Morgan fingerprint density at radius 3 is 3.08 bits per heavy atom. The van der Waals surface area contributed by atoms with Gasteiger partial charge in [0.2, 0.25) is 0 Å². The lowest BCUT2D eigenvalue weighted by molar-refractivity contribution is 0.392. The van der Waals surface area contributed by atoms with Gasteiger partial charge in [0, 0.05) is 31.6 Å². The van der Waals surface area contributed by atoms with E-state index in [4.69, 9.17) is 4.74 Å². The van der Waals surface area contributed by atoms with Crippen molar-refractivity contribution < 1.29 is 9.84 Å². The molecule has 0 aliphatic carbocycles. The fraction of sp³-hybridized carbons (Fsp3) is 0.471. The molecule has 1 aliphatic heterocycles. The van der Waals surface area contributed by atoms with E-state index in [1.807, 2.05) is 11.6 Å². The Morgan fingerprint density at radius 1 is 1.48 bits per heavy atom. The van der Waals surface area contributed by atoms with Crippen molar-refractivity contribution in [1.29, 1.82) is 0 Å². The summed E-state index contributed by atoms with van der Waals surface area (Å²) in [6.07, 6.45) is 1.87. The first-order valence-electron chi connectivity index (χ1n) is 8.32. The Hall–Kier alpha value is -2.77. The van der Waals surface area contributed by atoms with Gasteiger partial charge >= 0.3 is 0 Å². The summed E-state index contributed by atoms with van der Waals surface area (Å²) in [5.41, 5.74) is 0.750. The van der Waals surface area contributed by atoms with Crippen LogP contribution in [0.25, 0.3) is 0 Å². The Morgan fingerprint density at radius 2 is 2.32 bits per heavy atom. The highest BCUT2D eigenvalue weighted by molar-refractivity contribution is 5.80. The summed E-state index contributed by atoms with van der Waals surface area (Å²) in [6, 6.07) is 5.40. The molecule has 0 radical (unpaired) electrons. The average Bonchev–Trinajstić information content (AvgIpc) is 2.99. The molecule has 1 aromatic carbocycles. The van der Waals surface area contributed by atoms with Crippen molar-refractivity contribution in [3.05, 3.63) is 35.4 Å². The number of aliphatic imine (C=N–C) groups is 1. The lowest BCUT2D eigenvalue weighted by atomic mass is 10.1. The molecule has 25 heavy (non-hydrogen) atoms. The molecule has 3 N–H and O–H groups in total. The Bertz CT molecular complexity index is 770. The second kappa shape index (κ2) is 7.42. The number of hydrogen-bond acceptors (Lipinski definition) is 5. The zero-order valence-electron chi connectivity index (χ0n) is 14.8. The maximum Gasteiger partial charge on any atom is 0.191 e. The number of nitrogens with one attached hydrogen (secondary N) is 2. The molecule has 134 valence electrons. The average molecular weight is 344 g/mol. The molecule has 0 fully saturated rings. The molecule has 3 rings (SSSR count). The van der Waals surface area contributed by atoms with Gasteiger partial charge in [0.15, 0.2) is 5.96 Å². The van der Waals surface area contributed by atoms with Crippen LogP contribution in [0.2, 0.25) is 0 Å². The smallest absolute Gasteiger partial charge is 0.191 e. The van der Waals surface area contributed by atoms with Crippen LogP contribution in [0.4, 0.5) is 0 Å². The van der Waals surface area contributed by atoms with Crippen molar-refractivity contribution >= 4 is 5.96 Å². The van der Waals surface area contributed by atoms with Crippen molar-refractivity contribution in [1.82, 2.24) is 25.4 Å². The number of hydrogen-bond donors (Lipinski definition) is 3. The van der Waals surface area contributed by atoms with Crippen LogP contribution in [0.5, 0.6) is 11.5 Å². The molecule has 0 saturated heterocycles. The van der Waals surface area contributed by atoms with Crippen molar-refractivity contribution in [2.75, 3.05) is 14.2 Å². The van der Waals surface area contributed by atoms with E-state index in [2.05, 4.69) is 25.7 Å². The topological polar surface area (TPSA) is 96.6 Å². The molecule has 1 atom stereocenters. The number of methoxy groups -OCH3 is 1. The van der Waals surface area contributed by atoms with Gasteiger partial charge in [-0.25, -0.2) is 9.67 Å². The summed E-state index contributed by atoms with van der Waals surface area (Å²) in [7, 11) is 3.34. The quantitative estimate of drug-likeness (QED) is 0.565. The SMILES string of the molecule is CN=C(NCc1cc(OC)ccc1O)NC1CCc2nc(C)nn2C1. The van der Waals surface area contributed by atoms with E-state index in [-0.39, 0.29) is 11.8 Å². The van der Waals surface area contributed by atoms with Crippen LogP contribution in [0.1, 0.15) is 23.6 Å². The van der Waals surface area contributed by atoms with Gasteiger partial charge in [-0.05, 0) is 31.5 Å². The van der Waals surface area contributed by atoms with Crippen molar-refractivity contribution in [3.8, 4) is 11.5 Å². The highest BCUT2D eigenvalue weighted by Gasteiger charge is 2.21. The zero-order valence-corrected chi connectivity index (χ0v) is 14.8. The highest BCUT2D eigenvalue weighted by Crippen LogP contribution is 2.22. The molecule has 8 heteroatoms. The molecule has 0 amide bonds. The second-order valence-corrected chi connectivity index (χ2v) is 6.06. The molecule has 2 heterocycles. The molecule has 0 spiro atoms.